The summed E-state index contributed by atoms with van der Waals surface area (Å²) in [6.07, 6.45) is 0.0729. The predicted octanol–water partition coefficient (Wildman–Crippen LogP) is 2.34. The van der Waals surface area contributed by atoms with Crippen LogP contribution in [0.15, 0.2) is 36.4 Å². The van der Waals surface area contributed by atoms with Crippen LogP contribution in [0.4, 0.5) is 4.39 Å². The summed E-state index contributed by atoms with van der Waals surface area (Å²) in [6.45, 7) is 1.29. The van der Waals surface area contributed by atoms with Crippen LogP contribution in [-0.4, -0.2) is 38.1 Å². The quantitative estimate of drug-likeness (QED) is 0.740. The third-order valence-electron chi connectivity index (χ3n) is 3.85. The number of halogens is 2. The Morgan fingerprint density at radius 3 is 2.67 bits per heavy atom. The van der Waals surface area contributed by atoms with Crippen molar-refractivity contribution in [1.82, 2.24) is 10.6 Å². The van der Waals surface area contributed by atoms with Gasteiger partial charge in [0.25, 0.3) is 5.91 Å². The van der Waals surface area contributed by atoms with Crippen LogP contribution in [0.3, 0.4) is 0 Å². The lowest BCUT2D eigenvalue weighted by Gasteiger charge is -2.20. The van der Waals surface area contributed by atoms with Crippen molar-refractivity contribution in [2.45, 2.75) is 6.42 Å². The average Bonchev–Trinajstić information content (AvgIpc) is 2.65. The molecule has 0 aliphatic carbocycles. The number of carbonyl (C=O) groups excluding carboxylic acids is 2. The molecule has 3 rings (SSSR count). The van der Waals surface area contributed by atoms with E-state index in [9.17, 15) is 14.0 Å². The largest absolute Gasteiger partial charge is 0.486 e. The van der Waals surface area contributed by atoms with E-state index in [1.165, 1.54) is 18.2 Å². The number of benzene rings is 2. The maximum atomic E-state index is 13.1. The lowest BCUT2D eigenvalue weighted by molar-refractivity contribution is -0.120. The molecular weight excluding hydrogens is 375 g/mol. The van der Waals surface area contributed by atoms with E-state index in [-0.39, 0.29) is 37.1 Å². The second kappa shape index (κ2) is 8.73. The van der Waals surface area contributed by atoms with Gasteiger partial charge in [-0.05, 0) is 29.8 Å². The van der Waals surface area contributed by atoms with Crippen molar-refractivity contribution in [1.29, 1.82) is 0 Å². The topological polar surface area (TPSA) is 76.7 Å². The number of carbonyl (C=O) groups is 2. The Morgan fingerprint density at radius 2 is 1.85 bits per heavy atom. The van der Waals surface area contributed by atoms with Gasteiger partial charge in [-0.2, -0.15) is 0 Å². The van der Waals surface area contributed by atoms with Crippen molar-refractivity contribution in [2.24, 2.45) is 0 Å². The van der Waals surface area contributed by atoms with E-state index in [1.807, 2.05) is 0 Å². The summed E-state index contributed by atoms with van der Waals surface area (Å²) in [6, 6.07) is 8.94. The molecule has 0 aromatic heterocycles. The fourth-order valence-electron chi connectivity index (χ4n) is 2.62. The third-order valence-corrected chi connectivity index (χ3v) is 4.13. The number of hydrogen-bond acceptors (Lipinski definition) is 4. The Morgan fingerprint density at radius 1 is 1.07 bits per heavy atom. The van der Waals surface area contributed by atoms with Crippen molar-refractivity contribution in [3.63, 3.8) is 0 Å². The lowest BCUT2D eigenvalue weighted by Crippen LogP contribution is -2.35. The normalized spacial score (nSPS) is 12.4. The average molecular weight is 393 g/mol. The van der Waals surface area contributed by atoms with Gasteiger partial charge >= 0.3 is 0 Å². The first-order valence-corrected chi connectivity index (χ1v) is 8.79. The highest BCUT2D eigenvalue weighted by molar-refractivity contribution is 6.32. The molecule has 0 saturated carbocycles. The summed E-state index contributed by atoms with van der Waals surface area (Å²) < 4.78 is 24.0. The molecular formula is C19H18ClFN2O4. The number of fused-ring (bicyclic) bond motifs is 1. The second-order valence-corrected chi connectivity index (χ2v) is 6.30. The molecule has 0 fully saturated rings. The molecule has 2 aromatic carbocycles. The van der Waals surface area contributed by atoms with Crippen LogP contribution in [0, 0.1) is 5.82 Å². The molecule has 0 spiro atoms. The van der Waals surface area contributed by atoms with Gasteiger partial charge in [0.15, 0.2) is 11.5 Å². The zero-order valence-corrected chi connectivity index (χ0v) is 15.1. The van der Waals surface area contributed by atoms with Crippen LogP contribution >= 0.6 is 11.6 Å². The van der Waals surface area contributed by atoms with Gasteiger partial charge in [-0.25, -0.2) is 4.39 Å². The first kappa shape index (κ1) is 19.0. The molecule has 1 aliphatic rings. The number of amides is 2. The molecule has 142 valence electrons. The number of rotatable bonds is 6. The van der Waals surface area contributed by atoms with E-state index in [0.29, 0.717) is 40.9 Å². The molecule has 0 saturated heterocycles. The highest BCUT2D eigenvalue weighted by Crippen LogP contribution is 2.38. The van der Waals surface area contributed by atoms with E-state index in [4.69, 9.17) is 21.1 Å². The zero-order chi connectivity index (χ0) is 19.2. The van der Waals surface area contributed by atoms with Crippen molar-refractivity contribution < 1.29 is 23.5 Å². The zero-order valence-electron chi connectivity index (χ0n) is 14.4. The van der Waals surface area contributed by atoms with Gasteiger partial charge in [0.05, 0.1) is 11.4 Å². The highest BCUT2D eigenvalue weighted by Gasteiger charge is 2.19. The van der Waals surface area contributed by atoms with Crippen molar-refractivity contribution in [2.75, 3.05) is 26.3 Å². The van der Waals surface area contributed by atoms with Gasteiger partial charge in [0.2, 0.25) is 5.91 Å². The van der Waals surface area contributed by atoms with Crippen molar-refractivity contribution in [3.05, 3.63) is 58.4 Å². The molecule has 6 nitrogen and oxygen atoms in total. The van der Waals surface area contributed by atoms with Crippen molar-refractivity contribution in [3.8, 4) is 11.5 Å². The summed E-state index contributed by atoms with van der Waals surface area (Å²) >= 11 is 6.11. The van der Waals surface area contributed by atoms with Crippen molar-refractivity contribution >= 4 is 23.4 Å². The minimum atomic E-state index is -0.384. The molecule has 2 N–H and O–H groups in total. The molecule has 27 heavy (non-hydrogen) atoms. The SMILES string of the molecule is O=C(Cc1cccc(F)c1)NCCNC(=O)c1cc(Cl)c2c(c1)OCCO2. The fraction of sp³-hybridized carbons (Fsp3) is 0.263. The van der Waals surface area contributed by atoms with Crippen LogP contribution in [0.1, 0.15) is 15.9 Å². The molecule has 0 radical (unpaired) electrons. The van der Waals surface area contributed by atoms with E-state index in [0.717, 1.165) is 0 Å². The maximum absolute atomic E-state index is 13.1. The van der Waals surface area contributed by atoms with E-state index in [2.05, 4.69) is 10.6 Å². The number of ether oxygens (including phenoxy) is 2. The van der Waals surface area contributed by atoms with E-state index >= 15 is 0 Å². The molecule has 2 aromatic rings. The molecule has 0 atom stereocenters. The van der Waals surface area contributed by atoms with E-state index < -0.39 is 0 Å². The monoisotopic (exact) mass is 392 g/mol. The van der Waals surface area contributed by atoms with Crippen LogP contribution in [-0.2, 0) is 11.2 Å². The van der Waals surface area contributed by atoms with Gasteiger partial charge in [0, 0.05) is 18.7 Å². The highest BCUT2D eigenvalue weighted by atomic mass is 35.5. The molecule has 2 amide bonds. The summed E-state index contributed by atoms with van der Waals surface area (Å²) in [4.78, 5) is 24.1. The number of hydrogen-bond donors (Lipinski definition) is 2. The van der Waals surface area contributed by atoms with E-state index in [1.54, 1.807) is 18.2 Å². The Hall–Kier alpha value is -2.80. The third kappa shape index (κ3) is 5.10. The van der Waals surface area contributed by atoms with Crippen LogP contribution in [0.2, 0.25) is 5.02 Å². The van der Waals surface area contributed by atoms with Gasteiger partial charge < -0.3 is 20.1 Å². The van der Waals surface area contributed by atoms with Gasteiger partial charge in [0.1, 0.15) is 19.0 Å². The van der Waals surface area contributed by atoms with Gasteiger partial charge in [-0.3, -0.25) is 9.59 Å². The maximum Gasteiger partial charge on any atom is 0.251 e. The second-order valence-electron chi connectivity index (χ2n) is 5.89. The van der Waals surface area contributed by atoms with Crippen LogP contribution in [0.5, 0.6) is 11.5 Å². The standard InChI is InChI=1S/C19H18ClFN2O4/c20-15-10-13(11-16-18(15)27-7-6-26-16)19(25)23-5-4-22-17(24)9-12-2-1-3-14(21)8-12/h1-3,8,10-11H,4-7,9H2,(H,22,24)(H,23,25). The Kier molecular flexibility index (Phi) is 6.13. The van der Waals surface area contributed by atoms with Crippen LogP contribution < -0.4 is 20.1 Å². The first-order chi connectivity index (χ1) is 13.0. The van der Waals surface area contributed by atoms with Gasteiger partial charge in [-0.15, -0.1) is 0 Å². The lowest BCUT2D eigenvalue weighted by atomic mass is 10.1. The predicted molar refractivity (Wildman–Crippen MR) is 97.9 cm³/mol. The molecule has 1 heterocycles. The number of nitrogens with one attached hydrogen (secondary N) is 2. The Labute approximate surface area is 160 Å². The minimum absolute atomic E-state index is 0.0729. The summed E-state index contributed by atoms with van der Waals surface area (Å²) in [5, 5.41) is 5.67. The van der Waals surface area contributed by atoms with Crippen LogP contribution in [0.25, 0.3) is 0 Å². The molecule has 0 unspecified atom stereocenters. The smallest absolute Gasteiger partial charge is 0.251 e. The molecule has 8 heteroatoms. The molecule has 0 bridgehead atoms. The summed E-state index contributed by atoms with van der Waals surface area (Å²) in [7, 11) is 0. The first-order valence-electron chi connectivity index (χ1n) is 8.41. The Balaban J connectivity index is 1.46. The van der Waals surface area contributed by atoms with Gasteiger partial charge in [-0.1, -0.05) is 23.7 Å². The Bertz CT molecular complexity index is 860. The molecule has 1 aliphatic heterocycles. The fourth-order valence-corrected chi connectivity index (χ4v) is 2.88. The summed E-state index contributed by atoms with van der Waals surface area (Å²) in [5.41, 5.74) is 0.929. The minimum Gasteiger partial charge on any atom is -0.486 e. The summed E-state index contributed by atoms with van der Waals surface area (Å²) in [5.74, 6) is -0.109.